The van der Waals surface area contributed by atoms with Crippen LogP contribution in [0.1, 0.15) is 40.2 Å². The highest BCUT2D eigenvalue weighted by Gasteiger charge is 2.41. The summed E-state index contributed by atoms with van der Waals surface area (Å²) in [5.74, 6) is 1.32. The number of nitrogens with zero attached hydrogens (tertiary/aromatic N) is 7. The zero-order chi connectivity index (χ0) is 27.9. The lowest BCUT2D eigenvalue weighted by Gasteiger charge is -2.48. The molecular formula is C30H33N7O2. The number of pyridine rings is 1. The molecule has 9 heteroatoms. The Morgan fingerprint density at radius 2 is 1.87 bits per heavy atom. The molecule has 0 saturated carbocycles. The zero-order valence-electron chi connectivity index (χ0n) is 22.9. The fourth-order valence-electron chi connectivity index (χ4n) is 5.34. The van der Waals surface area contributed by atoms with Crippen molar-refractivity contribution >= 4 is 22.8 Å². The highest BCUT2D eigenvalue weighted by molar-refractivity contribution is 6.02. The first-order valence-electron chi connectivity index (χ1n) is 13.2. The van der Waals surface area contributed by atoms with Gasteiger partial charge in [0.05, 0.1) is 23.1 Å². The lowest BCUT2D eigenvalue weighted by atomic mass is 9.94. The van der Waals surface area contributed by atoms with Gasteiger partial charge in [-0.15, -0.1) is 0 Å². The van der Waals surface area contributed by atoms with E-state index in [4.69, 9.17) is 4.98 Å². The number of anilines is 1. The predicted octanol–water partition coefficient (Wildman–Crippen LogP) is 4.19. The van der Waals surface area contributed by atoms with Gasteiger partial charge in [-0.3, -0.25) is 9.36 Å². The van der Waals surface area contributed by atoms with Crippen LogP contribution in [0.4, 0.5) is 5.82 Å². The Morgan fingerprint density at radius 1 is 1.13 bits per heavy atom. The Morgan fingerprint density at radius 3 is 2.54 bits per heavy atom. The summed E-state index contributed by atoms with van der Waals surface area (Å²) in [4.78, 5) is 31.2. The number of hydrogen-bond acceptors (Lipinski definition) is 7. The molecule has 200 valence electrons. The Kier molecular flexibility index (Phi) is 6.83. The molecule has 0 radical (unpaired) electrons. The van der Waals surface area contributed by atoms with Crippen LogP contribution in [0.5, 0.6) is 0 Å². The van der Waals surface area contributed by atoms with E-state index in [1.54, 1.807) is 29.6 Å². The third-order valence-corrected chi connectivity index (χ3v) is 7.37. The molecule has 4 heterocycles. The van der Waals surface area contributed by atoms with Gasteiger partial charge >= 0.3 is 0 Å². The summed E-state index contributed by atoms with van der Waals surface area (Å²) in [5.41, 5.74) is 1.72. The fourth-order valence-corrected chi connectivity index (χ4v) is 5.34. The minimum Gasteiger partial charge on any atom is -0.381 e. The average molecular weight is 524 g/mol. The van der Waals surface area contributed by atoms with Gasteiger partial charge in [0.1, 0.15) is 23.6 Å². The molecule has 5 rings (SSSR count). The molecule has 1 N–H and O–H groups in total. The first-order valence-corrected chi connectivity index (χ1v) is 13.2. The highest BCUT2D eigenvalue weighted by Crippen LogP contribution is 2.39. The smallest absolute Gasteiger partial charge is 0.254 e. The van der Waals surface area contributed by atoms with Crippen LogP contribution in [0.3, 0.4) is 0 Å². The number of piperazine rings is 1. The molecule has 0 aliphatic carbocycles. The molecule has 1 amide bonds. The molecular weight excluding hydrogens is 490 g/mol. The van der Waals surface area contributed by atoms with Gasteiger partial charge in [-0.1, -0.05) is 44.2 Å². The van der Waals surface area contributed by atoms with E-state index in [1.165, 1.54) is 13.8 Å². The molecule has 39 heavy (non-hydrogen) atoms. The van der Waals surface area contributed by atoms with Crippen molar-refractivity contribution in [3.05, 3.63) is 66.7 Å². The Balaban J connectivity index is 1.70. The van der Waals surface area contributed by atoms with E-state index < -0.39 is 5.60 Å². The number of benzene rings is 1. The summed E-state index contributed by atoms with van der Waals surface area (Å²) >= 11 is 0. The van der Waals surface area contributed by atoms with E-state index in [0.717, 1.165) is 22.3 Å². The van der Waals surface area contributed by atoms with Gasteiger partial charge in [-0.25, -0.2) is 15.0 Å². The van der Waals surface area contributed by atoms with Crippen molar-refractivity contribution in [2.45, 2.75) is 52.3 Å². The Labute approximate surface area is 228 Å². The predicted molar refractivity (Wildman–Crippen MR) is 150 cm³/mol. The molecule has 4 aromatic rings. The van der Waals surface area contributed by atoms with E-state index in [9.17, 15) is 15.2 Å². The maximum absolute atomic E-state index is 13.1. The van der Waals surface area contributed by atoms with Crippen molar-refractivity contribution in [2.75, 3.05) is 18.0 Å². The number of aliphatic hydroxyl groups is 1. The summed E-state index contributed by atoms with van der Waals surface area (Å²) in [7, 11) is 0. The summed E-state index contributed by atoms with van der Waals surface area (Å²) < 4.78 is 1.91. The lowest BCUT2D eigenvalue weighted by molar-refractivity contribution is -0.151. The van der Waals surface area contributed by atoms with Crippen molar-refractivity contribution in [2.24, 2.45) is 5.92 Å². The van der Waals surface area contributed by atoms with Crippen molar-refractivity contribution in [1.82, 2.24) is 24.4 Å². The molecule has 1 fully saturated rings. The van der Waals surface area contributed by atoms with E-state index in [0.29, 0.717) is 30.1 Å². The minimum absolute atomic E-state index is 0.0300. The second-order valence-corrected chi connectivity index (χ2v) is 11.0. The normalized spacial score (nSPS) is 18.0. The first kappa shape index (κ1) is 26.3. The van der Waals surface area contributed by atoms with Crippen molar-refractivity contribution < 1.29 is 9.90 Å². The third-order valence-electron chi connectivity index (χ3n) is 7.37. The number of nitriles is 1. The highest BCUT2D eigenvalue weighted by atomic mass is 16.3. The zero-order valence-corrected chi connectivity index (χ0v) is 22.9. The van der Waals surface area contributed by atoms with Gasteiger partial charge in [-0.05, 0) is 44.4 Å². The van der Waals surface area contributed by atoms with Gasteiger partial charge in [0.2, 0.25) is 0 Å². The summed E-state index contributed by atoms with van der Waals surface area (Å²) in [6.45, 7) is 10.4. The van der Waals surface area contributed by atoms with Crippen molar-refractivity contribution in [3.8, 4) is 23.0 Å². The van der Waals surface area contributed by atoms with Crippen LogP contribution >= 0.6 is 0 Å². The monoisotopic (exact) mass is 523 g/mol. The summed E-state index contributed by atoms with van der Waals surface area (Å²) in [6, 6.07) is 15.5. The number of aromatic nitrogens is 4. The van der Waals surface area contributed by atoms with Crippen molar-refractivity contribution in [1.29, 1.82) is 5.26 Å². The number of rotatable bonds is 5. The Hall–Kier alpha value is -4.29. The summed E-state index contributed by atoms with van der Waals surface area (Å²) in [6.07, 6.45) is 5.19. The average Bonchev–Trinajstić information content (AvgIpc) is 3.32. The van der Waals surface area contributed by atoms with Crippen LogP contribution in [-0.4, -0.2) is 66.2 Å². The molecule has 9 nitrogen and oxygen atoms in total. The molecule has 0 bridgehead atoms. The number of carbonyl (C=O) groups is 1. The minimum atomic E-state index is -1.44. The van der Waals surface area contributed by atoms with E-state index in [1.807, 2.05) is 35.9 Å². The number of amides is 1. The van der Waals surface area contributed by atoms with Gasteiger partial charge in [0.15, 0.2) is 5.65 Å². The molecule has 1 aliphatic heterocycles. The van der Waals surface area contributed by atoms with Gasteiger partial charge in [0.25, 0.3) is 5.91 Å². The second-order valence-electron chi connectivity index (χ2n) is 11.0. The van der Waals surface area contributed by atoms with Crippen LogP contribution in [0.15, 0.2) is 61.2 Å². The number of fused-ring (bicyclic) bond motifs is 1. The maximum Gasteiger partial charge on any atom is 0.254 e. The summed E-state index contributed by atoms with van der Waals surface area (Å²) in [5, 5.41) is 20.8. The van der Waals surface area contributed by atoms with E-state index >= 15 is 0 Å². The lowest BCUT2D eigenvalue weighted by Crippen LogP contribution is -2.63. The fraction of sp³-hybridized carbons (Fsp3) is 0.367. The third kappa shape index (κ3) is 4.84. The quantitative estimate of drug-likeness (QED) is 0.418. The second kappa shape index (κ2) is 10.1. The maximum atomic E-state index is 13.1. The first-order chi connectivity index (χ1) is 18.6. The standard InChI is InChI=1S/C30H33N7O2/c1-19(2)24-17-35(29(38)30(4,5)39)20(3)15-36(24)27-26-23(22-9-7-6-8-10-22)16-37(28(26)34-18-33-27)25-13-21(14-31)11-12-32-25/h6-13,16,18-20,24,39H,15,17H2,1-5H3/t20-,24-/m0/s1. The number of carbonyl (C=O) groups excluding carboxylic acids is 1. The van der Waals surface area contributed by atoms with Gasteiger partial charge in [-0.2, -0.15) is 5.26 Å². The SMILES string of the molecule is CC(C)[C@@H]1CN(C(=O)C(C)(C)O)[C@@H](C)CN1c1ncnc2c1c(-c1ccccc1)cn2-c1cc(C#N)ccn1. The largest absolute Gasteiger partial charge is 0.381 e. The number of hydrogen-bond donors (Lipinski definition) is 1. The van der Waals surface area contributed by atoms with Crippen LogP contribution in [0.2, 0.25) is 0 Å². The van der Waals surface area contributed by atoms with Crippen LogP contribution in [-0.2, 0) is 4.79 Å². The molecule has 1 aromatic carbocycles. The van der Waals surface area contributed by atoms with Crippen LogP contribution in [0.25, 0.3) is 28.0 Å². The topological polar surface area (TPSA) is 111 Å². The molecule has 1 aliphatic rings. The van der Waals surface area contributed by atoms with Crippen LogP contribution in [0, 0.1) is 17.2 Å². The van der Waals surface area contributed by atoms with Crippen LogP contribution < -0.4 is 4.90 Å². The molecule has 0 unspecified atom stereocenters. The van der Waals surface area contributed by atoms with Gasteiger partial charge < -0.3 is 14.9 Å². The molecule has 2 atom stereocenters. The molecule has 1 saturated heterocycles. The van der Waals surface area contributed by atoms with E-state index in [2.05, 4.69) is 46.9 Å². The molecule has 3 aromatic heterocycles. The van der Waals surface area contributed by atoms with Gasteiger partial charge in [0, 0.05) is 37.1 Å². The van der Waals surface area contributed by atoms with Crippen molar-refractivity contribution in [3.63, 3.8) is 0 Å². The molecule has 0 spiro atoms. The van der Waals surface area contributed by atoms with E-state index in [-0.39, 0.29) is 23.9 Å². The Bertz CT molecular complexity index is 1550.